The number of fused-ring (bicyclic) bond motifs is 2. The predicted molar refractivity (Wildman–Crippen MR) is 51.6 cm³/mol. The van der Waals surface area contributed by atoms with E-state index in [-0.39, 0.29) is 18.0 Å². The molecule has 2 fully saturated rings. The summed E-state index contributed by atoms with van der Waals surface area (Å²) >= 11 is 0. The molecule has 0 aromatic heterocycles. The van der Waals surface area contributed by atoms with Crippen molar-refractivity contribution in [1.82, 2.24) is 0 Å². The van der Waals surface area contributed by atoms with Crippen molar-refractivity contribution >= 4 is 5.97 Å². The summed E-state index contributed by atoms with van der Waals surface area (Å²) in [6, 6.07) is 0. The molecule has 0 heterocycles. The number of methoxy groups -OCH3 is 1. The topological polar surface area (TPSA) is 46.5 Å². The molecule has 3 nitrogen and oxygen atoms in total. The lowest BCUT2D eigenvalue weighted by Crippen LogP contribution is -2.42. The Balaban J connectivity index is 2.12. The van der Waals surface area contributed by atoms with Gasteiger partial charge < -0.3 is 9.84 Å². The number of rotatable bonds is 1. The fourth-order valence-corrected chi connectivity index (χ4v) is 3.23. The molecule has 0 amide bonds. The van der Waals surface area contributed by atoms with E-state index in [0.29, 0.717) is 11.8 Å². The van der Waals surface area contributed by atoms with E-state index in [9.17, 15) is 9.90 Å². The molecule has 0 aliphatic heterocycles. The molecule has 1 N–H and O–H groups in total. The molecule has 80 valence electrons. The van der Waals surface area contributed by atoms with Gasteiger partial charge in [0.15, 0.2) is 0 Å². The van der Waals surface area contributed by atoms with Crippen molar-refractivity contribution in [3.8, 4) is 0 Å². The molecule has 0 aromatic rings. The summed E-state index contributed by atoms with van der Waals surface area (Å²) in [5, 5.41) is 9.64. The van der Waals surface area contributed by atoms with E-state index < -0.39 is 0 Å². The highest BCUT2D eigenvalue weighted by atomic mass is 16.5. The minimum Gasteiger partial charge on any atom is -0.469 e. The van der Waals surface area contributed by atoms with Crippen LogP contribution in [-0.4, -0.2) is 24.3 Å². The number of aliphatic hydroxyl groups excluding tert-OH is 1. The van der Waals surface area contributed by atoms with Crippen LogP contribution in [0, 0.1) is 17.8 Å². The minimum atomic E-state index is -0.189. The molecule has 2 bridgehead atoms. The van der Waals surface area contributed by atoms with Gasteiger partial charge in [0.05, 0.1) is 19.1 Å². The van der Waals surface area contributed by atoms with Crippen LogP contribution >= 0.6 is 0 Å². The van der Waals surface area contributed by atoms with Crippen LogP contribution in [0.2, 0.25) is 0 Å². The molecule has 2 saturated carbocycles. The molecule has 3 heteroatoms. The quantitative estimate of drug-likeness (QED) is 0.647. The van der Waals surface area contributed by atoms with Crippen LogP contribution in [0.4, 0.5) is 0 Å². The van der Waals surface area contributed by atoms with Crippen LogP contribution < -0.4 is 0 Å². The largest absolute Gasteiger partial charge is 0.469 e. The Morgan fingerprint density at radius 3 is 2.36 bits per heavy atom. The summed E-state index contributed by atoms with van der Waals surface area (Å²) in [4.78, 5) is 11.6. The van der Waals surface area contributed by atoms with Gasteiger partial charge in [-0.25, -0.2) is 0 Å². The molecule has 0 radical (unpaired) electrons. The highest BCUT2D eigenvalue weighted by Gasteiger charge is 2.44. The van der Waals surface area contributed by atoms with Gasteiger partial charge in [-0.2, -0.15) is 0 Å². The summed E-state index contributed by atoms with van der Waals surface area (Å²) in [7, 11) is 1.46. The molecular weight excluding hydrogens is 180 g/mol. The van der Waals surface area contributed by atoms with Crippen molar-refractivity contribution in [2.45, 2.75) is 38.2 Å². The second-order valence-electron chi connectivity index (χ2n) is 4.63. The summed E-state index contributed by atoms with van der Waals surface area (Å²) in [6.45, 7) is 0. The first-order valence-electron chi connectivity index (χ1n) is 5.48. The van der Waals surface area contributed by atoms with Gasteiger partial charge >= 0.3 is 5.97 Å². The lowest BCUT2D eigenvalue weighted by Gasteiger charge is -2.42. The Morgan fingerprint density at radius 1 is 1.29 bits per heavy atom. The van der Waals surface area contributed by atoms with Crippen LogP contribution in [0.25, 0.3) is 0 Å². The Bertz CT molecular complexity index is 213. The third-order valence-electron chi connectivity index (χ3n) is 3.79. The first-order valence-corrected chi connectivity index (χ1v) is 5.48. The second kappa shape index (κ2) is 3.89. The van der Waals surface area contributed by atoms with E-state index in [1.807, 2.05) is 0 Å². The van der Waals surface area contributed by atoms with Crippen molar-refractivity contribution < 1.29 is 14.6 Å². The number of carbonyl (C=O) groups is 1. The summed E-state index contributed by atoms with van der Waals surface area (Å²) in [6.07, 6.45) is 4.74. The highest BCUT2D eigenvalue weighted by molar-refractivity contribution is 5.73. The predicted octanol–water partition coefficient (Wildman–Crippen LogP) is 1.35. The lowest BCUT2D eigenvalue weighted by atomic mass is 9.64. The zero-order valence-electron chi connectivity index (χ0n) is 8.61. The number of hydrogen-bond donors (Lipinski definition) is 1. The Hall–Kier alpha value is -0.570. The van der Waals surface area contributed by atoms with E-state index in [1.54, 1.807) is 0 Å². The normalized spacial score (nSPS) is 41.9. The highest BCUT2D eigenvalue weighted by Crippen LogP contribution is 2.44. The van der Waals surface area contributed by atoms with Gasteiger partial charge in [0.2, 0.25) is 0 Å². The van der Waals surface area contributed by atoms with Gasteiger partial charge in [0, 0.05) is 0 Å². The maximum Gasteiger partial charge on any atom is 0.309 e. The second-order valence-corrected chi connectivity index (χ2v) is 4.63. The number of aliphatic hydroxyl groups is 1. The van der Waals surface area contributed by atoms with Crippen LogP contribution in [0.15, 0.2) is 0 Å². The van der Waals surface area contributed by atoms with Gasteiger partial charge in [-0.1, -0.05) is 6.42 Å². The minimum absolute atomic E-state index is 0.0633. The zero-order valence-corrected chi connectivity index (χ0v) is 8.61. The third kappa shape index (κ3) is 1.65. The first kappa shape index (κ1) is 9.97. The SMILES string of the molecule is COC(=O)C1C2CCCC1CC(O)C2. The number of esters is 1. The standard InChI is InChI=1S/C11H18O3/c1-14-11(13)10-7-3-2-4-8(10)6-9(12)5-7/h7-10,12H,2-6H2,1H3. The van der Waals surface area contributed by atoms with Crippen molar-refractivity contribution in [3.05, 3.63) is 0 Å². The lowest BCUT2D eigenvalue weighted by molar-refractivity contribution is -0.155. The van der Waals surface area contributed by atoms with Crippen LogP contribution in [-0.2, 0) is 9.53 Å². The molecule has 14 heavy (non-hydrogen) atoms. The molecule has 2 aliphatic rings. The van der Waals surface area contributed by atoms with Gasteiger partial charge in [-0.15, -0.1) is 0 Å². The van der Waals surface area contributed by atoms with Gasteiger partial charge in [-0.05, 0) is 37.5 Å². The van der Waals surface area contributed by atoms with Crippen molar-refractivity contribution in [2.24, 2.45) is 17.8 Å². The van der Waals surface area contributed by atoms with Crippen molar-refractivity contribution in [2.75, 3.05) is 7.11 Å². The average Bonchev–Trinajstić information content (AvgIpc) is 2.15. The number of ether oxygens (including phenoxy) is 1. The summed E-state index contributed by atoms with van der Waals surface area (Å²) < 4.78 is 4.84. The number of carbonyl (C=O) groups excluding carboxylic acids is 1. The Morgan fingerprint density at radius 2 is 1.86 bits per heavy atom. The van der Waals surface area contributed by atoms with E-state index in [0.717, 1.165) is 25.7 Å². The van der Waals surface area contributed by atoms with E-state index in [4.69, 9.17) is 4.74 Å². The molecule has 2 atom stereocenters. The fraction of sp³-hybridized carbons (Fsp3) is 0.909. The maximum absolute atomic E-state index is 11.6. The first-order chi connectivity index (χ1) is 6.72. The summed E-state index contributed by atoms with van der Waals surface area (Å²) in [5.41, 5.74) is 0. The maximum atomic E-state index is 11.6. The molecule has 2 unspecified atom stereocenters. The van der Waals surface area contributed by atoms with Crippen LogP contribution in [0.3, 0.4) is 0 Å². The Labute approximate surface area is 84.4 Å². The van der Waals surface area contributed by atoms with Gasteiger partial charge in [0.1, 0.15) is 0 Å². The molecule has 0 saturated heterocycles. The van der Waals surface area contributed by atoms with Gasteiger partial charge in [0.25, 0.3) is 0 Å². The molecule has 2 rings (SSSR count). The fourth-order valence-electron chi connectivity index (χ4n) is 3.23. The summed E-state index contributed by atoms with van der Waals surface area (Å²) in [5.74, 6) is 0.735. The van der Waals surface area contributed by atoms with Crippen molar-refractivity contribution in [1.29, 1.82) is 0 Å². The van der Waals surface area contributed by atoms with E-state index >= 15 is 0 Å². The Kier molecular flexibility index (Phi) is 2.77. The zero-order chi connectivity index (χ0) is 10.1. The third-order valence-corrected chi connectivity index (χ3v) is 3.79. The monoisotopic (exact) mass is 198 g/mol. The van der Waals surface area contributed by atoms with E-state index in [1.165, 1.54) is 13.5 Å². The van der Waals surface area contributed by atoms with Crippen LogP contribution in [0.5, 0.6) is 0 Å². The van der Waals surface area contributed by atoms with E-state index in [2.05, 4.69) is 0 Å². The molecular formula is C11H18O3. The smallest absolute Gasteiger partial charge is 0.309 e. The van der Waals surface area contributed by atoms with Crippen LogP contribution in [0.1, 0.15) is 32.1 Å². The van der Waals surface area contributed by atoms with Crippen molar-refractivity contribution in [3.63, 3.8) is 0 Å². The molecule has 0 spiro atoms. The molecule has 2 aliphatic carbocycles. The molecule has 0 aromatic carbocycles. The van der Waals surface area contributed by atoms with Gasteiger partial charge in [-0.3, -0.25) is 4.79 Å². The average molecular weight is 198 g/mol. The number of hydrogen-bond acceptors (Lipinski definition) is 3.